The first-order valence-electron chi connectivity index (χ1n) is 7.77. The number of hydrogen-bond acceptors (Lipinski definition) is 3. The highest BCUT2D eigenvalue weighted by Crippen LogP contribution is 2.31. The van der Waals surface area contributed by atoms with Crippen molar-refractivity contribution in [2.45, 2.75) is 38.6 Å². The van der Waals surface area contributed by atoms with Crippen molar-refractivity contribution in [3.63, 3.8) is 0 Å². The van der Waals surface area contributed by atoms with Gasteiger partial charge >= 0.3 is 12.0 Å². The SMILES string of the molecule is CN1CCCC(N(C)C(=O)N2CCC(C)(C(=O)O)CC2)C1. The Bertz CT molecular complexity index is 405. The maximum absolute atomic E-state index is 12.6. The highest BCUT2D eigenvalue weighted by Gasteiger charge is 2.39. The third-order valence-electron chi connectivity index (χ3n) is 5.10. The molecule has 0 aromatic rings. The van der Waals surface area contributed by atoms with Crippen molar-refractivity contribution in [3.8, 4) is 0 Å². The number of likely N-dealkylation sites (tertiary alicyclic amines) is 2. The minimum absolute atomic E-state index is 0.0442. The molecule has 1 N–H and O–H groups in total. The number of amides is 2. The largest absolute Gasteiger partial charge is 0.481 e. The number of carboxylic acids is 1. The van der Waals surface area contributed by atoms with Crippen molar-refractivity contribution in [2.24, 2.45) is 5.41 Å². The van der Waals surface area contributed by atoms with Crippen LogP contribution in [0, 0.1) is 5.41 Å². The molecule has 0 aromatic heterocycles. The van der Waals surface area contributed by atoms with Crippen LogP contribution in [0.5, 0.6) is 0 Å². The van der Waals surface area contributed by atoms with Crippen LogP contribution in [0.2, 0.25) is 0 Å². The molecule has 0 aliphatic carbocycles. The third kappa shape index (κ3) is 3.48. The predicted octanol–water partition coefficient (Wildman–Crippen LogP) is 1.32. The van der Waals surface area contributed by atoms with Gasteiger partial charge < -0.3 is 19.8 Å². The zero-order chi connectivity index (χ0) is 15.6. The number of carboxylic acid groups (broad SMARTS) is 1. The van der Waals surface area contributed by atoms with E-state index >= 15 is 0 Å². The molecule has 2 rings (SSSR count). The Morgan fingerprint density at radius 1 is 1.24 bits per heavy atom. The molecule has 1 atom stereocenters. The molecule has 2 fully saturated rings. The van der Waals surface area contributed by atoms with E-state index in [0.29, 0.717) is 25.9 Å². The zero-order valence-electron chi connectivity index (χ0n) is 13.3. The lowest BCUT2D eigenvalue weighted by Crippen LogP contribution is -2.54. The van der Waals surface area contributed by atoms with Crippen LogP contribution in [0.15, 0.2) is 0 Å². The molecular weight excluding hydrogens is 270 g/mol. The molecule has 2 aliphatic heterocycles. The van der Waals surface area contributed by atoms with E-state index in [4.69, 9.17) is 0 Å². The van der Waals surface area contributed by atoms with Crippen molar-refractivity contribution in [3.05, 3.63) is 0 Å². The first-order valence-corrected chi connectivity index (χ1v) is 7.77. The second-order valence-corrected chi connectivity index (χ2v) is 6.80. The summed E-state index contributed by atoms with van der Waals surface area (Å²) in [6.45, 7) is 4.86. The standard InChI is InChI=1S/C15H27N3O3/c1-15(13(19)20)6-9-18(10-7-15)14(21)17(3)12-5-4-8-16(2)11-12/h12H,4-11H2,1-3H3,(H,19,20). The van der Waals surface area contributed by atoms with Crippen LogP contribution in [0.25, 0.3) is 0 Å². The Balaban J connectivity index is 1.91. The Hall–Kier alpha value is -1.30. The van der Waals surface area contributed by atoms with Gasteiger partial charge in [0.05, 0.1) is 5.41 Å². The molecule has 2 heterocycles. The number of aliphatic carboxylic acids is 1. The van der Waals surface area contributed by atoms with Gasteiger partial charge in [-0.3, -0.25) is 4.79 Å². The van der Waals surface area contributed by atoms with E-state index in [1.807, 2.05) is 11.9 Å². The van der Waals surface area contributed by atoms with Gasteiger partial charge in [0.25, 0.3) is 0 Å². The highest BCUT2D eigenvalue weighted by molar-refractivity contribution is 5.77. The van der Waals surface area contributed by atoms with E-state index < -0.39 is 11.4 Å². The van der Waals surface area contributed by atoms with Gasteiger partial charge in [-0.1, -0.05) is 0 Å². The van der Waals surface area contributed by atoms with Crippen molar-refractivity contribution in [1.82, 2.24) is 14.7 Å². The van der Waals surface area contributed by atoms with Crippen LogP contribution in [-0.2, 0) is 4.79 Å². The van der Waals surface area contributed by atoms with Gasteiger partial charge in [-0.05, 0) is 46.2 Å². The molecule has 0 aromatic carbocycles. The monoisotopic (exact) mass is 297 g/mol. The molecule has 0 bridgehead atoms. The maximum atomic E-state index is 12.6. The number of nitrogens with zero attached hydrogens (tertiary/aromatic N) is 3. The lowest BCUT2D eigenvalue weighted by Gasteiger charge is -2.41. The number of likely N-dealkylation sites (N-methyl/N-ethyl adjacent to an activating group) is 2. The molecule has 0 radical (unpaired) electrons. The fourth-order valence-electron chi connectivity index (χ4n) is 3.24. The summed E-state index contributed by atoms with van der Waals surface area (Å²) in [5.74, 6) is -0.753. The number of carbonyl (C=O) groups is 2. The Kier molecular flexibility index (Phi) is 4.76. The van der Waals surface area contributed by atoms with E-state index in [1.54, 1.807) is 11.8 Å². The minimum atomic E-state index is -0.753. The number of carbonyl (C=O) groups excluding carboxylic acids is 1. The normalized spacial score (nSPS) is 26.4. The Morgan fingerprint density at radius 3 is 2.38 bits per heavy atom. The topological polar surface area (TPSA) is 64.1 Å². The summed E-state index contributed by atoms with van der Waals surface area (Å²) in [5.41, 5.74) is -0.680. The van der Waals surface area contributed by atoms with E-state index in [9.17, 15) is 14.7 Å². The number of piperidine rings is 2. The second-order valence-electron chi connectivity index (χ2n) is 6.80. The van der Waals surface area contributed by atoms with Crippen molar-refractivity contribution < 1.29 is 14.7 Å². The molecule has 6 nitrogen and oxygen atoms in total. The smallest absolute Gasteiger partial charge is 0.320 e. The molecular formula is C15H27N3O3. The molecule has 0 spiro atoms. The molecule has 2 amide bonds. The van der Waals surface area contributed by atoms with Gasteiger partial charge in [-0.15, -0.1) is 0 Å². The van der Waals surface area contributed by atoms with E-state index in [1.165, 1.54) is 0 Å². The molecule has 21 heavy (non-hydrogen) atoms. The summed E-state index contributed by atoms with van der Waals surface area (Å²) in [7, 11) is 3.96. The molecule has 1 unspecified atom stereocenters. The Labute approximate surface area is 126 Å². The molecule has 0 saturated carbocycles. The van der Waals surface area contributed by atoms with Crippen LogP contribution in [-0.4, -0.2) is 78.1 Å². The van der Waals surface area contributed by atoms with Crippen LogP contribution in [0.1, 0.15) is 32.6 Å². The summed E-state index contributed by atoms with van der Waals surface area (Å²) < 4.78 is 0. The lowest BCUT2D eigenvalue weighted by molar-refractivity contribution is -0.150. The number of rotatable bonds is 2. The minimum Gasteiger partial charge on any atom is -0.481 e. The highest BCUT2D eigenvalue weighted by atomic mass is 16.4. The summed E-state index contributed by atoms with van der Waals surface area (Å²) in [6.07, 6.45) is 3.24. The van der Waals surface area contributed by atoms with E-state index in [-0.39, 0.29) is 12.1 Å². The first kappa shape index (κ1) is 16.1. The van der Waals surface area contributed by atoms with Gasteiger partial charge in [-0.2, -0.15) is 0 Å². The summed E-state index contributed by atoms with van der Waals surface area (Å²) in [6, 6.07) is 0.312. The van der Waals surface area contributed by atoms with Gasteiger partial charge in [0.1, 0.15) is 0 Å². The molecule has 120 valence electrons. The van der Waals surface area contributed by atoms with Crippen LogP contribution in [0.3, 0.4) is 0 Å². The van der Waals surface area contributed by atoms with Crippen LogP contribution in [0.4, 0.5) is 4.79 Å². The van der Waals surface area contributed by atoms with E-state index in [2.05, 4.69) is 11.9 Å². The zero-order valence-corrected chi connectivity index (χ0v) is 13.3. The van der Waals surface area contributed by atoms with Crippen LogP contribution < -0.4 is 0 Å². The second kappa shape index (κ2) is 6.22. The molecule has 6 heteroatoms. The van der Waals surface area contributed by atoms with Crippen molar-refractivity contribution >= 4 is 12.0 Å². The number of urea groups is 1. The molecule has 2 aliphatic rings. The quantitative estimate of drug-likeness (QED) is 0.835. The van der Waals surface area contributed by atoms with Gasteiger partial charge in [0, 0.05) is 32.7 Å². The summed E-state index contributed by atoms with van der Waals surface area (Å²) in [4.78, 5) is 29.7. The average Bonchev–Trinajstić information content (AvgIpc) is 2.46. The van der Waals surface area contributed by atoms with E-state index in [0.717, 1.165) is 25.9 Å². The fourth-order valence-corrected chi connectivity index (χ4v) is 3.24. The van der Waals surface area contributed by atoms with Crippen molar-refractivity contribution in [2.75, 3.05) is 40.3 Å². The summed E-state index contributed by atoms with van der Waals surface area (Å²) >= 11 is 0. The predicted molar refractivity (Wildman–Crippen MR) is 80.2 cm³/mol. The fraction of sp³-hybridized carbons (Fsp3) is 0.867. The first-order chi connectivity index (χ1) is 9.83. The van der Waals surface area contributed by atoms with Gasteiger partial charge in [0.2, 0.25) is 0 Å². The average molecular weight is 297 g/mol. The Morgan fingerprint density at radius 2 is 1.86 bits per heavy atom. The maximum Gasteiger partial charge on any atom is 0.320 e. The van der Waals surface area contributed by atoms with Crippen LogP contribution >= 0.6 is 0 Å². The number of hydrogen-bond donors (Lipinski definition) is 1. The summed E-state index contributed by atoms with van der Waals surface area (Å²) in [5, 5.41) is 9.25. The van der Waals surface area contributed by atoms with Gasteiger partial charge in [-0.25, -0.2) is 4.79 Å². The lowest BCUT2D eigenvalue weighted by atomic mass is 9.80. The third-order valence-corrected chi connectivity index (χ3v) is 5.10. The molecule has 2 saturated heterocycles. The van der Waals surface area contributed by atoms with Gasteiger partial charge in [0.15, 0.2) is 0 Å². The van der Waals surface area contributed by atoms with Crippen molar-refractivity contribution in [1.29, 1.82) is 0 Å².